The minimum Gasteiger partial charge on any atom is -0.382 e. The molecular formula is C14H16BrN3O. The van der Waals surface area contributed by atoms with Crippen LogP contribution in [0.2, 0.25) is 0 Å². The summed E-state index contributed by atoms with van der Waals surface area (Å²) >= 11 is 3.44. The Morgan fingerprint density at radius 1 is 1.47 bits per heavy atom. The van der Waals surface area contributed by atoms with Crippen molar-refractivity contribution in [2.45, 2.75) is 25.8 Å². The topological polar surface area (TPSA) is 46.9 Å². The van der Waals surface area contributed by atoms with E-state index in [1.807, 2.05) is 6.07 Å². The number of hydrogen-bond donors (Lipinski definition) is 1. The fourth-order valence-corrected chi connectivity index (χ4v) is 2.71. The highest BCUT2D eigenvalue weighted by molar-refractivity contribution is 9.10. The predicted molar refractivity (Wildman–Crippen MR) is 80.5 cm³/mol. The van der Waals surface area contributed by atoms with Gasteiger partial charge in [0, 0.05) is 35.2 Å². The zero-order chi connectivity index (χ0) is 13.6. The summed E-state index contributed by atoms with van der Waals surface area (Å²) in [7, 11) is 1.75. The third kappa shape index (κ3) is 2.39. The van der Waals surface area contributed by atoms with Gasteiger partial charge in [0.25, 0.3) is 5.56 Å². The molecule has 1 unspecified atom stereocenters. The lowest BCUT2D eigenvalue weighted by Gasteiger charge is -2.17. The molecule has 1 fully saturated rings. The van der Waals surface area contributed by atoms with E-state index in [2.05, 4.69) is 33.2 Å². The number of aromatic nitrogens is 2. The lowest BCUT2D eigenvalue weighted by molar-refractivity contribution is 0.694. The van der Waals surface area contributed by atoms with E-state index in [0.717, 1.165) is 21.5 Å². The molecule has 0 radical (unpaired) electrons. The number of anilines is 1. The fourth-order valence-electron chi connectivity index (χ4n) is 2.38. The first-order valence-electron chi connectivity index (χ1n) is 6.48. The van der Waals surface area contributed by atoms with E-state index in [-0.39, 0.29) is 5.56 Å². The number of fused-ring (bicyclic) bond motifs is 1. The Morgan fingerprint density at radius 3 is 2.89 bits per heavy atom. The van der Waals surface area contributed by atoms with Crippen LogP contribution in [0.3, 0.4) is 0 Å². The standard InChI is InChI=1S/C14H16BrN3O/c1-8(9-3-4-9)17-12-6-13(19)18(2)14-11(12)5-10(15)7-16-14/h5-9,17H,3-4H2,1-2H3. The summed E-state index contributed by atoms with van der Waals surface area (Å²) in [6.07, 6.45) is 4.27. The van der Waals surface area contributed by atoms with Gasteiger partial charge in [-0.25, -0.2) is 4.98 Å². The zero-order valence-corrected chi connectivity index (χ0v) is 12.6. The van der Waals surface area contributed by atoms with Gasteiger partial charge in [0.2, 0.25) is 0 Å². The van der Waals surface area contributed by atoms with Gasteiger partial charge in [-0.3, -0.25) is 9.36 Å². The molecule has 0 spiro atoms. The molecule has 0 aliphatic heterocycles. The largest absolute Gasteiger partial charge is 0.382 e. The maximum atomic E-state index is 12.0. The highest BCUT2D eigenvalue weighted by Gasteiger charge is 2.28. The van der Waals surface area contributed by atoms with Crippen LogP contribution in [-0.2, 0) is 7.05 Å². The van der Waals surface area contributed by atoms with Crippen molar-refractivity contribution in [1.82, 2.24) is 9.55 Å². The maximum absolute atomic E-state index is 12.0. The fraction of sp³-hybridized carbons (Fsp3) is 0.429. The normalized spacial score (nSPS) is 16.6. The van der Waals surface area contributed by atoms with Crippen LogP contribution in [-0.4, -0.2) is 15.6 Å². The summed E-state index contributed by atoms with van der Waals surface area (Å²) in [5.41, 5.74) is 1.56. The zero-order valence-electron chi connectivity index (χ0n) is 11.0. The Kier molecular flexibility index (Phi) is 3.09. The van der Waals surface area contributed by atoms with Gasteiger partial charge in [0.1, 0.15) is 5.65 Å². The van der Waals surface area contributed by atoms with Gasteiger partial charge in [-0.2, -0.15) is 0 Å². The van der Waals surface area contributed by atoms with Crippen LogP contribution >= 0.6 is 15.9 Å². The van der Waals surface area contributed by atoms with Crippen LogP contribution < -0.4 is 10.9 Å². The Labute approximate surface area is 120 Å². The van der Waals surface area contributed by atoms with Crippen molar-refractivity contribution in [1.29, 1.82) is 0 Å². The Morgan fingerprint density at radius 2 is 2.21 bits per heavy atom. The van der Waals surface area contributed by atoms with Crippen molar-refractivity contribution in [3.05, 3.63) is 33.2 Å². The lowest BCUT2D eigenvalue weighted by atomic mass is 10.1. The number of nitrogens with one attached hydrogen (secondary N) is 1. The third-order valence-electron chi connectivity index (χ3n) is 3.75. The minimum atomic E-state index is -0.0344. The van der Waals surface area contributed by atoms with Crippen molar-refractivity contribution < 1.29 is 0 Å². The summed E-state index contributed by atoms with van der Waals surface area (Å²) in [5.74, 6) is 0.735. The first kappa shape index (κ1) is 12.7. The number of rotatable bonds is 3. The van der Waals surface area contributed by atoms with Gasteiger partial charge in [0.05, 0.1) is 5.69 Å². The number of pyridine rings is 2. The lowest BCUT2D eigenvalue weighted by Crippen LogP contribution is -2.22. The molecule has 100 valence electrons. The molecule has 3 rings (SSSR count). The van der Waals surface area contributed by atoms with Crippen LogP contribution in [0, 0.1) is 5.92 Å². The Balaban J connectivity index is 2.13. The molecule has 0 amide bonds. The molecule has 2 aromatic heterocycles. The van der Waals surface area contributed by atoms with Gasteiger partial charge < -0.3 is 5.32 Å². The van der Waals surface area contributed by atoms with Gasteiger partial charge in [-0.1, -0.05) is 0 Å². The summed E-state index contributed by atoms with van der Waals surface area (Å²) in [6, 6.07) is 4.06. The molecule has 1 aliphatic rings. The molecule has 0 bridgehead atoms. The number of halogens is 1. The van der Waals surface area contributed by atoms with Gasteiger partial charge in [0.15, 0.2) is 0 Å². The van der Waals surface area contributed by atoms with Crippen LogP contribution in [0.5, 0.6) is 0 Å². The van der Waals surface area contributed by atoms with E-state index in [0.29, 0.717) is 11.7 Å². The quantitative estimate of drug-likeness (QED) is 0.945. The molecule has 0 aromatic carbocycles. The average Bonchev–Trinajstić information content (AvgIpc) is 3.19. The second-order valence-corrected chi connectivity index (χ2v) is 6.17. The highest BCUT2D eigenvalue weighted by atomic mass is 79.9. The minimum absolute atomic E-state index is 0.0344. The van der Waals surface area contributed by atoms with Crippen LogP contribution in [0.4, 0.5) is 5.69 Å². The summed E-state index contributed by atoms with van der Waals surface area (Å²) in [4.78, 5) is 16.3. The molecule has 4 nitrogen and oxygen atoms in total. The predicted octanol–water partition coefficient (Wildman–Crippen LogP) is 2.91. The number of nitrogens with zero attached hydrogens (tertiary/aromatic N) is 2. The van der Waals surface area contributed by atoms with Crippen LogP contribution in [0.1, 0.15) is 19.8 Å². The SMILES string of the molecule is CC(Nc1cc(=O)n(C)c2ncc(Br)cc12)C1CC1. The summed E-state index contributed by atoms with van der Waals surface area (Å²) < 4.78 is 2.50. The van der Waals surface area contributed by atoms with E-state index < -0.39 is 0 Å². The van der Waals surface area contributed by atoms with E-state index in [4.69, 9.17) is 0 Å². The highest BCUT2D eigenvalue weighted by Crippen LogP contribution is 2.35. The summed E-state index contributed by atoms with van der Waals surface area (Å²) in [5, 5.41) is 4.44. The van der Waals surface area contributed by atoms with Gasteiger partial charge in [-0.05, 0) is 47.7 Å². The molecule has 1 saturated carbocycles. The van der Waals surface area contributed by atoms with E-state index in [1.54, 1.807) is 23.9 Å². The van der Waals surface area contributed by atoms with Crippen molar-refractivity contribution in [3.63, 3.8) is 0 Å². The second-order valence-electron chi connectivity index (χ2n) is 5.25. The second kappa shape index (κ2) is 4.63. The van der Waals surface area contributed by atoms with E-state index >= 15 is 0 Å². The van der Waals surface area contributed by atoms with Crippen LogP contribution in [0.25, 0.3) is 11.0 Å². The van der Waals surface area contributed by atoms with E-state index in [9.17, 15) is 4.79 Å². The first-order valence-corrected chi connectivity index (χ1v) is 7.27. The molecule has 0 saturated heterocycles. The van der Waals surface area contributed by atoms with Crippen molar-refractivity contribution >= 4 is 32.7 Å². The molecule has 2 heterocycles. The van der Waals surface area contributed by atoms with Crippen molar-refractivity contribution in [2.24, 2.45) is 13.0 Å². The van der Waals surface area contributed by atoms with Crippen molar-refractivity contribution in [2.75, 3.05) is 5.32 Å². The molecule has 1 aliphatic carbocycles. The first-order chi connectivity index (χ1) is 9.06. The smallest absolute Gasteiger partial charge is 0.253 e. The Bertz CT molecular complexity index is 691. The monoisotopic (exact) mass is 321 g/mol. The molecular weight excluding hydrogens is 306 g/mol. The molecule has 1 N–H and O–H groups in total. The van der Waals surface area contributed by atoms with E-state index in [1.165, 1.54) is 12.8 Å². The molecule has 5 heteroatoms. The molecule has 2 aromatic rings. The Hall–Kier alpha value is -1.36. The third-order valence-corrected chi connectivity index (χ3v) is 4.19. The van der Waals surface area contributed by atoms with Gasteiger partial charge in [-0.15, -0.1) is 0 Å². The van der Waals surface area contributed by atoms with Crippen molar-refractivity contribution in [3.8, 4) is 0 Å². The van der Waals surface area contributed by atoms with Crippen LogP contribution in [0.15, 0.2) is 27.6 Å². The van der Waals surface area contributed by atoms with Gasteiger partial charge >= 0.3 is 0 Å². The molecule has 19 heavy (non-hydrogen) atoms. The number of aryl methyl sites for hydroxylation is 1. The number of hydrogen-bond acceptors (Lipinski definition) is 3. The summed E-state index contributed by atoms with van der Waals surface area (Å²) in [6.45, 7) is 2.17. The average molecular weight is 322 g/mol. The maximum Gasteiger partial charge on any atom is 0.253 e. The molecule has 1 atom stereocenters.